The minimum absolute atomic E-state index is 0.496. The van der Waals surface area contributed by atoms with Crippen LogP contribution in [-0.2, 0) is 13.0 Å². The first-order valence-corrected chi connectivity index (χ1v) is 9.64. The van der Waals surface area contributed by atoms with Crippen LogP contribution in [0, 0.1) is 20.8 Å². The van der Waals surface area contributed by atoms with Gasteiger partial charge in [0.05, 0.1) is 26.5 Å². The average molecular weight is 385 g/mol. The molecule has 2 rings (SSSR count). The number of rotatable bonds is 8. The molecule has 6 nitrogen and oxygen atoms in total. The quantitative estimate of drug-likeness (QED) is 0.540. The molecule has 1 aromatic carbocycles. The van der Waals surface area contributed by atoms with Gasteiger partial charge in [-0.25, -0.2) is 4.99 Å². The first-order valence-electron chi connectivity index (χ1n) is 9.64. The standard InChI is InChI=1S/C22H32N4O2/c1-7-23-22(24-11-10-18-9-8-15(2)20(12-18)27-5)26-14-19-17(4)21(28-6)16(3)13-25-19/h8-9,12-13H,7,10-11,14H2,1-6H3,(H2,23,24,26). The van der Waals surface area contributed by atoms with E-state index < -0.39 is 0 Å². The van der Waals surface area contributed by atoms with Gasteiger partial charge in [-0.15, -0.1) is 0 Å². The fourth-order valence-electron chi connectivity index (χ4n) is 3.07. The summed E-state index contributed by atoms with van der Waals surface area (Å²) >= 11 is 0. The smallest absolute Gasteiger partial charge is 0.191 e. The van der Waals surface area contributed by atoms with Crippen LogP contribution in [0.4, 0.5) is 0 Å². The lowest BCUT2D eigenvalue weighted by molar-refractivity contribution is 0.407. The maximum atomic E-state index is 5.48. The molecule has 0 atom stereocenters. The van der Waals surface area contributed by atoms with Crippen molar-refractivity contribution in [2.75, 3.05) is 27.3 Å². The maximum Gasteiger partial charge on any atom is 0.191 e. The third-order valence-corrected chi connectivity index (χ3v) is 4.66. The van der Waals surface area contributed by atoms with Gasteiger partial charge in [0.2, 0.25) is 0 Å². The Bertz CT molecular complexity index is 818. The lowest BCUT2D eigenvalue weighted by Gasteiger charge is -2.14. The Hall–Kier alpha value is -2.76. The minimum Gasteiger partial charge on any atom is -0.496 e. The first-order chi connectivity index (χ1) is 13.5. The van der Waals surface area contributed by atoms with E-state index in [9.17, 15) is 0 Å². The minimum atomic E-state index is 0.496. The molecule has 6 heteroatoms. The Kier molecular flexibility index (Phi) is 8.11. The van der Waals surface area contributed by atoms with Gasteiger partial charge in [-0.1, -0.05) is 12.1 Å². The lowest BCUT2D eigenvalue weighted by Crippen LogP contribution is -2.38. The van der Waals surface area contributed by atoms with Crippen molar-refractivity contribution in [2.45, 2.75) is 40.7 Å². The summed E-state index contributed by atoms with van der Waals surface area (Å²) in [7, 11) is 3.39. The van der Waals surface area contributed by atoms with Crippen LogP contribution in [0.25, 0.3) is 0 Å². The molecule has 0 aliphatic rings. The highest BCUT2D eigenvalue weighted by Gasteiger charge is 2.09. The van der Waals surface area contributed by atoms with Crippen LogP contribution in [0.5, 0.6) is 11.5 Å². The molecule has 0 fully saturated rings. The van der Waals surface area contributed by atoms with Crippen molar-refractivity contribution in [3.63, 3.8) is 0 Å². The highest BCUT2D eigenvalue weighted by Crippen LogP contribution is 2.24. The van der Waals surface area contributed by atoms with Crippen molar-refractivity contribution in [2.24, 2.45) is 4.99 Å². The molecular formula is C22H32N4O2. The monoisotopic (exact) mass is 384 g/mol. The van der Waals surface area contributed by atoms with Crippen LogP contribution < -0.4 is 20.1 Å². The zero-order valence-corrected chi connectivity index (χ0v) is 17.8. The van der Waals surface area contributed by atoms with Gasteiger partial charge in [-0.05, 0) is 51.3 Å². The summed E-state index contributed by atoms with van der Waals surface area (Å²) in [6.07, 6.45) is 2.72. The third-order valence-electron chi connectivity index (χ3n) is 4.66. The van der Waals surface area contributed by atoms with Crippen molar-refractivity contribution in [1.29, 1.82) is 0 Å². The summed E-state index contributed by atoms with van der Waals surface area (Å²) in [4.78, 5) is 9.20. The van der Waals surface area contributed by atoms with Gasteiger partial charge in [-0.2, -0.15) is 0 Å². The number of ether oxygens (including phenoxy) is 2. The van der Waals surface area contributed by atoms with E-state index in [1.54, 1.807) is 14.2 Å². The molecule has 0 unspecified atom stereocenters. The van der Waals surface area contributed by atoms with Crippen LogP contribution in [-0.4, -0.2) is 38.3 Å². The predicted molar refractivity (Wildman–Crippen MR) is 115 cm³/mol. The molecule has 28 heavy (non-hydrogen) atoms. The second-order valence-electron chi connectivity index (χ2n) is 6.72. The van der Waals surface area contributed by atoms with Gasteiger partial charge in [0.25, 0.3) is 0 Å². The van der Waals surface area contributed by atoms with Crippen LogP contribution >= 0.6 is 0 Å². The summed E-state index contributed by atoms with van der Waals surface area (Å²) in [5.41, 5.74) is 5.36. The van der Waals surface area contributed by atoms with E-state index in [1.165, 1.54) is 5.56 Å². The zero-order chi connectivity index (χ0) is 20.5. The molecule has 0 bridgehead atoms. The highest BCUT2D eigenvalue weighted by atomic mass is 16.5. The second-order valence-corrected chi connectivity index (χ2v) is 6.72. The summed E-state index contributed by atoms with van der Waals surface area (Å²) < 4.78 is 10.9. The first kappa shape index (κ1) is 21.5. The molecule has 0 aliphatic carbocycles. The number of aryl methyl sites for hydroxylation is 2. The highest BCUT2D eigenvalue weighted by molar-refractivity contribution is 5.79. The topological polar surface area (TPSA) is 67.8 Å². The van der Waals surface area contributed by atoms with E-state index in [2.05, 4.69) is 45.7 Å². The van der Waals surface area contributed by atoms with Gasteiger partial charge >= 0.3 is 0 Å². The molecule has 0 radical (unpaired) electrons. The molecule has 0 saturated carbocycles. The molecule has 1 heterocycles. The van der Waals surface area contributed by atoms with E-state index in [4.69, 9.17) is 9.47 Å². The Morgan fingerprint density at radius 2 is 1.86 bits per heavy atom. The largest absolute Gasteiger partial charge is 0.496 e. The van der Waals surface area contributed by atoms with Crippen molar-refractivity contribution >= 4 is 5.96 Å². The molecule has 0 amide bonds. The van der Waals surface area contributed by atoms with Crippen LogP contribution in [0.3, 0.4) is 0 Å². The number of guanidine groups is 1. The second kappa shape index (κ2) is 10.5. The van der Waals surface area contributed by atoms with E-state index >= 15 is 0 Å². The summed E-state index contributed by atoms with van der Waals surface area (Å²) in [6, 6.07) is 6.31. The van der Waals surface area contributed by atoms with E-state index in [0.717, 1.165) is 59.4 Å². The van der Waals surface area contributed by atoms with E-state index in [0.29, 0.717) is 6.54 Å². The fraction of sp³-hybridized carbons (Fsp3) is 0.455. The number of hydrogen-bond donors (Lipinski definition) is 2. The summed E-state index contributed by atoms with van der Waals surface area (Å²) in [6.45, 7) is 10.2. The predicted octanol–water partition coefficient (Wildman–Crippen LogP) is 3.32. The van der Waals surface area contributed by atoms with Gasteiger partial charge in [-0.3, -0.25) is 4.98 Å². The number of aliphatic imine (C=N–C) groups is 1. The summed E-state index contributed by atoms with van der Waals surface area (Å²) in [5.74, 6) is 2.58. The zero-order valence-electron chi connectivity index (χ0n) is 17.8. The number of nitrogens with zero attached hydrogens (tertiary/aromatic N) is 2. The lowest BCUT2D eigenvalue weighted by atomic mass is 10.1. The van der Waals surface area contributed by atoms with Crippen molar-refractivity contribution in [3.8, 4) is 11.5 Å². The number of hydrogen-bond acceptors (Lipinski definition) is 4. The number of pyridine rings is 1. The van der Waals surface area contributed by atoms with Gasteiger partial charge in [0.15, 0.2) is 5.96 Å². The average Bonchev–Trinajstić information content (AvgIpc) is 2.69. The van der Waals surface area contributed by atoms with Crippen molar-refractivity contribution < 1.29 is 9.47 Å². The van der Waals surface area contributed by atoms with Crippen LogP contribution in [0.2, 0.25) is 0 Å². The molecule has 1 aromatic heterocycles. The van der Waals surface area contributed by atoms with Crippen molar-refractivity contribution in [1.82, 2.24) is 15.6 Å². The normalized spacial score (nSPS) is 11.3. The third kappa shape index (κ3) is 5.62. The van der Waals surface area contributed by atoms with E-state index in [1.807, 2.05) is 27.0 Å². The van der Waals surface area contributed by atoms with E-state index in [-0.39, 0.29) is 0 Å². The Morgan fingerprint density at radius 3 is 2.54 bits per heavy atom. The summed E-state index contributed by atoms with van der Waals surface area (Å²) in [5, 5.41) is 6.68. The molecule has 152 valence electrons. The molecule has 0 aliphatic heterocycles. The maximum absolute atomic E-state index is 5.48. The number of nitrogens with one attached hydrogen (secondary N) is 2. The van der Waals surface area contributed by atoms with Gasteiger partial charge in [0, 0.05) is 30.4 Å². The number of methoxy groups -OCH3 is 2. The molecule has 2 aromatic rings. The Labute approximate surface area is 168 Å². The SMILES string of the molecule is CCNC(=NCc1ncc(C)c(OC)c1C)NCCc1ccc(C)c(OC)c1. The number of aromatic nitrogens is 1. The van der Waals surface area contributed by atoms with Crippen molar-refractivity contribution in [3.05, 3.63) is 52.3 Å². The fourth-order valence-corrected chi connectivity index (χ4v) is 3.07. The van der Waals surface area contributed by atoms with Gasteiger partial charge < -0.3 is 20.1 Å². The van der Waals surface area contributed by atoms with Crippen LogP contribution in [0.1, 0.15) is 34.9 Å². The molecular weight excluding hydrogens is 352 g/mol. The molecule has 0 spiro atoms. The van der Waals surface area contributed by atoms with Gasteiger partial charge in [0.1, 0.15) is 11.5 Å². The Balaban J connectivity index is 2.01. The Morgan fingerprint density at radius 1 is 1.07 bits per heavy atom. The van der Waals surface area contributed by atoms with Crippen LogP contribution in [0.15, 0.2) is 29.4 Å². The number of benzene rings is 1. The molecule has 0 saturated heterocycles. The molecule has 2 N–H and O–H groups in total.